The second-order valence-electron chi connectivity index (χ2n) is 6.20. The molecule has 1 aliphatic rings. The third-order valence-electron chi connectivity index (χ3n) is 4.36. The molecule has 0 atom stereocenters. The average Bonchev–Trinajstić information content (AvgIpc) is 3.23. The van der Waals surface area contributed by atoms with Crippen LogP contribution in [0.15, 0.2) is 41.8 Å². The van der Waals surface area contributed by atoms with E-state index in [9.17, 15) is 14.0 Å². The molecule has 6 nitrogen and oxygen atoms in total. The van der Waals surface area contributed by atoms with Gasteiger partial charge in [0.15, 0.2) is 6.61 Å². The zero-order valence-corrected chi connectivity index (χ0v) is 15.7. The molecule has 2 aromatic rings. The van der Waals surface area contributed by atoms with E-state index in [1.807, 2.05) is 11.4 Å². The summed E-state index contributed by atoms with van der Waals surface area (Å²) < 4.78 is 18.3. The zero-order valence-electron chi connectivity index (χ0n) is 14.9. The van der Waals surface area contributed by atoms with Crippen molar-refractivity contribution >= 4 is 23.2 Å². The number of carbonyl (C=O) groups is 2. The molecule has 0 saturated carbocycles. The maximum Gasteiger partial charge on any atom is 0.261 e. The lowest BCUT2D eigenvalue weighted by molar-refractivity contribution is -0.135. The van der Waals surface area contributed by atoms with Crippen molar-refractivity contribution in [3.8, 4) is 5.75 Å². The van der Waals surface area contributed by atoms with E-state index < -0.39 is 0 Å². The fourth-order valence-corrected chi connectivity index (χ4v) is 3.45. The second kappa shape index (κ2) is 9.48. The number of piperazine rings is 1. The van der Waals surface area contributed by atoms with Gasteiger partial charge in [0.2, 0.25) is 0 Å². The predicted molar refractivity (Wildman–Crippen MR) is 102 cm³/mol. The molecule has 0 bridgehead atoms. The van der Waals surface area contributed by atoms with Crippen LogP contribution < -0.4 is 10.1 Å². The van der Waals surface area contributed by atoms with Gasteiger partial charge >= 0.3 is 0 Å². The summed E-state index contributed by atoms with van der Waals surface area (Å²) in [6.45, 7) is 4.06. The first-order valence-electron chi connectivity index (χ1n) is 8.82. The summed E-state index contributed by atoms with van der Waals surface area (Å²) in [7, 11) is 0. The number of benzene rings is 1. The van der Waals surface area contributed by atoms with Crippen LogP contribution in [0.4, 0.5) is 4.39 Å². The molecule has 1 saturated heterocycles. The molecule has 1 aromatic heterocycles. The van der Waals surface area contributed by atoms with Crippen LogP contribution in [0.5, 0.6) is 5.75 Å². The molecule has 1 aromatic carbocycles. The van der Waals surface area contributed by atoms with Crippen LogP contribution in [-0.2, 0) is 4.79 Å². The lowest BCUT2D eigenvalue weighted by Gasteiger charge is -2.34. The van der Waals surface area contributed by atoms with E-state index in [1.165, 1.54) is 35.6 Å². The predicted octanol–water partition coefficient (Wildman–Crippen LogP) is 1.84. The summed E-state index contributed by atoms with van der Waals surface area (Å²) in [5.41, 5.74) is 0. The molecule has 2 heterocycles. The molecule has 0 unspecified atom stereocenters. The summed E-state index contributed by atoms with van der Waals surface area (Å²) in [6.07, 6.45) is 0. The fourth-order valence-electron chi connectivity index (χ4n) is 2.81. The molecular formula is C19H22FN3O3S. The SMILES string of the molecule is O=C(NCCN1CCN(C(=O)COc2ccc(F)cc2)CC1)c1cccs1. The van der Waals surface area contributed by atoms with E-state index in [1.54, 1.807) is 11.0 Å². The molecular weight excluding hydrogens is 369 g/mol. The van der Waals surface area contributed by atoms with Gasteiger partial charge in [-0.05, 0) is 35.7 Å². The Morgan fingerprint density at radius 2 is 1.85 bits per heavy atom. The molecule has 1 fully saturated rings. The summed E-state index contributed by atoms with van der Waals surface area (Å²) in [5.74, 6) is 0.0166. The van der Waals surface area contributed by atoms with Gasteiger partial charge in [-0.1, -0.05) is 6.07 Å². The van der Waals surface area contributed by atoms with Gasteiger partial charge in [0.25, 0.3) is 11.8 Å². The van der Waals surface area contributed by atoms with E-state index in [0.29, 0.717) is 30.3 Å². The largest absolute Gasteiger partial charge is 0.484 e. The van der Waals surface area contributed by atoms with E-state index in [0.717, 1.165) is 19.6 Å². The molecule has 144 valence electrons. The molecule has 2 amide bonds. The quantitative estimate of drug-likeness (QED) is 0.782. The summed E-state index contributed by atoms with van der Waals surface area (Å²) in [6, 6.07) is 9.27. The maximum atomic E-state index is 12.9. The Hall–Kier alpha value is -2.45. The third-order valence-corrected chi connectivity index (χ3v) is 5.23. The highest BCUT2D eigenvalue weighted by molar-refractivity contribution is 7.12. The van der Waals surface area contributed by atoms with Crippen molar-refractivity contribution in [3.05, 3.63) is 52.5 Å². The topological polar surface area (TPSA) is 61.9 Å². The molecule has 8 heteroatoms. The van der Waals surface area contributed by atoms with Crippen LogP contribution in [0.1, 0.15) is 9.67 Å². The van der Waals surface area contributed by atoms with Crippen LogP contribution in [0.3, 0.4) is 0 Å². The number of thiophene rings is 1. The van der Waals surface area contributed by atoms with Crippen molar-refractivity contribution < 1.29 is 18.7 Å². The van der Waals surface area contributed by atoms with E-state index >= 15 is 0 Å². The van der Waals surface area contributed by atoms with Gasteiger partial charge in [-0.2, -0.15) is 0 Å². The van der Waals surface area contributed by atoms with Crippen molar-refractivity contribution in [2.75, 3.05) is 45.9 Å². The standard InChI is InChI=1S/C19H22FN3O3S/c20-15-3-5-16(6-4-15)26-14-18(24)23-11-9-22(10-12-23)8-7-21-19(25)17-2-1-13-27-17/h1-6,13H,7-12,14H2,(H,21,25). The summed E-state index contributed by atoms with van der Waals surface area (Å²) in [5, 5.41) is 4.79. The zero-order chi connectivity index (χ0) is 19.1. The highest BCUT2D eigenvalue weighted by Crippen LogP contribution is 2.11. The molecule has 1 aliphatic heterocycles. The Kier molecular flexibility index (Phi) is 6.78. The smallest absolute Gasteiger partial charge is 0.261 e. The maximum absolute atomic E-state index is 12.9. The first kappa shape index (κ1) is 19.3. The van der Waals surface area contributed by atoms with Crippen molar-refractivity contribution in [1.82, 2.24) is 15.1 Å². The number of ether oxygens (including phenoxy) is 1. The number of rotatable bonds is 7. The Labute approximate surface area is 161 Å². The van der Waals surface area contributed by atoms with Crippen molar-refractivity contribution in [2.24, 2.45) is 0 Å². The molecule has 1 N–H and O–H groups in total. The van der Waals surface area contributed by atoms with E-state index in [-0.39, 0.29) is 24.2 Å². The minimum atomic E-state index is -0.337. The number of nitrogens with zero attached hydrogens (tertiary/aromatic N) is 2. The van der Waals surface area contributed by atoms with Gasteiger partial charge in [0.05, 0.1) is 4.88 Å². The summed E-state index contributed by atoms with van der Waals surface area (Å²) in [4.78, 5) is 28.8. The van der Waals surface area contributed by atoms with Gasteiger partial charge < -0.3 is 15.0 Å². The van der Waals surface area contributed by atoms with Gasteiger partial charge in [0.1, 0.15) is 11.6 Å². The van der Waals surface area contributed by atoms with Crippen molar-refractivity contribution in [1.29, 1.82) is 0 Å². The van der Waals surface area contributed by atoms with Crippen LogP contribution in [0.25, 0.3) is 0 Å². The molecule has 0 spiro atoms. The number of hydrogen-bond donors (Lipinski definition) is 1. The number of carbonyl (C=O) groups excluding carboxylic acids is 2. The Morgan fingerprint density at radius 3 is 2.52 bits per heavy atom. The van der Waals surface area contributed by atoms with Gasteiger partial charge in [0, 0.05) is 39.3 Å². The van der Waals surface area contributed by atoms with E-state index in [4.69, 9.17) is 4.74 Å². The highest BCUT2D eigenvalue weighted by Gasteiger charge is 2.21. The Morgan fingerprint density at radius 1 is 1.11 bits per heavy atom. The van der Waals surface area contributed by atoms with Crippen LogP contribution in [0, 0.1) is 5.82 Å². The van der Waals surface area contributed by atoms with Crippen molar-refractivity contribution in [2.45, 2.75) is 0 Å². The monoisotopic (exact) mass is 391 g/mol. The minimum absolute atomic E-state index is 0.0447. The lowest BCUT2D eigenvalue weighted by atomic mass is 10.3. The highest BCUT2D eigenvalue weighted by atomic mass is 32.1. The number of amides is 2. The van der Waals surface area contributed by atoms with Gasteiger partial charge in [-0.25, -0.2) is 4.39 Å². The minimum Gasteiger partial charge on any atom is -0.484 e. The number of hydrogen-bond acceptors (Lipinski definition) is 5. The molecule has 0 radical (unpaired) electrons. The molecule has 27 heavy (non-hydrogen) atoms. The Bertz CT molecular complexity index is 744. The normalized spacial score (nSPS) is 14.8. The van der Waals surface area contributed by atoms with Crippen LogP contribution in [-0.4, -0.2) is 67.5 Å². The third kappa shape index (κ3) is 5.77. The van der Waals surface area contributed by atoms with E-state index in [2.05, 4.69) is 10.2 Å². The summed E-state index contributed by atoms with van der Waals surface area (Å²) >= 11 is 1.42. The van der Waals surface area contributed by atoms with Crippen LogP contribution >= 0.6 is 11.3 Å². The Balaban J connectivity index is 1.32. The first-order chi connectivity index (χ1) is 13.1. The fraction of sp³-hybridized carbons (Fsp3) is 0.368. The first-order valence-corrected chi connectivity index (χ1v) is 9.70. The second-order valence-corrected chi connectivity index (χ2v) is 7.15. The number of halogens is 1. The van der Waals surface area contributed by atoms with Crippen LogP contribution in [0.2, 0.25) is 0 Å². The van der Waals surface area contributed by atoms with Crippen molar-refractivity contribution in [3.63, 3.8) is 0 Å². The lowest BCUT2D eigenvalue weighted by Crippen LogP contribution is -2.51. The molecule has 0 aliphatic carbocycles. The molecule has 3 rings (SSSR count). The van der Waals surface area contributed by atoms with Gasteiger partial charge in [-0.3, -0.25) is 14.5 Å². The van der Waals surface area contributed by atoms with Gasteiger partial charge in [-0.15, -0.1) is 11.3 Å². The average molecular weight is 391 g/mol. The number of nitrogens with one attached hydrogen (secondary N) is 1.